The summed E-state index contributed by atoms with van der Waals surface area (Å²) in [6.07, 6.45) is 3.91. The highest BCUT2D eigenvalue weighted by Gasteiger charge is 2.36. The molecule has 3 heteroatoms. The molecule has 0 N–H and O–H groups in total. The predicted molar refractivity (Wildman–Crippen MR) is 79.4 cm³/mol. The average molecular weight is 340 g/mol. The van der Waals surface area contributed by atoms with Gasteiger partial charge in [-0.15, -0.1) is 0 Å². The van der Waals surface area contributed by atoms with Crippen LogP contribution in [-0.2, 0) is 5.54 Å². The smallest absolute Gasteiger partial charge is 0.107 e. The van der Waals surface area contributed by atoms with Gasteiger partial charge in [-0.25, -0.2) is 4.98 Å². The molecular weight excluding hydrogens is 323 g/mol. The maximum atomic E-state index is 4.76. The van der Waals surface area contributed by atoms with Crippen molar-refractivity contribution in [2.75, 3.05) is 0 Å². The molecule has 2 nitrogen and oxygen atoms in total. The summed E-state index contributed by atoms with van der Waals surface area (Å²) in [6.45, 7) is 6.66. The van der Waals surface area contributed by atoms with E-state index >= 15 is 0 Å². The molecule has 17 heavy (non-hydrogen) atoms. The summed E-state index contributed by atoms with van der Waals surface area (Å²) in [5.41, 5.74) is 4.11. The van der Waals surface area contributed by atoms with Gasteiger partial charge in [0, 0.05) is 9.11 Å². The second-order valence-electron chi connectivity index (χ2n) is 5.46. The van der Waals surface area contributed by atoms with Crippen LogP contribution >= 0.6 is 22.6 Å². The van der Waals surface area contributed by atoms with Crippen molar-refractivity contribution in [3.05, 3.63) is 27.1 Å². The van der Waals surface area contributed by atoms with E-state index in [1.807, 2.05) is 0 Å². The highest BCUT2D eigenvalue weighted by atomic mass is 127. The number of halogens is 1. The van der Waals surface area contributed by atoms with Crippen LogP contribution in [0.4, 0.5) is 0 Å². The summed E-state index contributed by atoms with van der Waals surface area (Å²) in [7, 11) is 0. The minimum Gasteiger partial charge on any atom is -0.322 e. The fourth-order valence-corrected chi connectivity index (χ4v) is 3.87. The van der Waals surface area contributed by atoms with Crippen LogP contribution in [0.1, 0.15) is 37.6 Å². The number of nitrogens with zero attached hydrogens (tertiary/aromatic N) is 2. The Bertz CT molecular complexity index is 594. The molecule has 1 aliphatic carbocycles. The molecule has 3 rings (SSSR count). The molecule has 0 unspecified atom stereocenters. The fraction of sp³-hybridized carbons (Fsp3) is 0.500. The van der Waals surface area contributed by atoms with Crippen LogP contribution in [0, 0.1) is 17.4 Å². The topological polar surface area (TPSA) is 17.8 Å². The van der Waals surface area contributed by atoms with Crippen LogP contribution in [0.5, 0.6) is 0 Å². The number of rotatable bonds is 1. The average Bonchev–Trinajstić information content (AvgIpc) is 2.52. The van der Waals surface area contributed by atoms with Crippen molar-refractivity contribution >= 4 is 33.6 Å². The number of aromatic nitrogens is 2. The first-order valence-electron chi connectivity index (χ1n) is 6.17. The van der Waals surface area contributed by atoms with Crippen LogP contribution in [0.2, 0.25) is 0 Å². The van der Waals surface area contributed by atoms with Gasteiger partial charge in [-0.05, 0) is 80.3 Å². The van der Waals surface area contributed by atoms with E-state index in [9.17, 15) is 0 Å². The van der Waals surface area contributed by atoms with Gasteiger partial charge >= 0.3 is 0 Å². The number of benzene rings is 1. The lowest BCUT2D eigenvalue weighted by Crippen LogP contribution is -2.37. The summed E-state index contributed by atoms with van der Waals surface area (Å²) in [5, 5.41) is 0. The van der Waals surface area contributed by atoms with Crippen molar-refractivity contribution in [3.8, 4) is 0 Å². The van der Waals surface area contributed by atoms with Crippen LogP contribution in [0.3, 0.4) is 0 Å². The Hall–Kier alpha value is -0.580. The van der Waals surface area contributed by atoms with Gasteiger partial charge in [0.25, 0.3) is 0 Å². The number of hydrogen-bond donors (Lipinski definition) is 0. The molecule has 0 amide bonds. The Labute approximate surface area is 116 Å². The molecule has 90 valence electrons. The number of imidazole rings is 1. The molecule has 1 aromatic heterocycles. The van der Waals surface area contributed by atoms with Crippen molar-refractivity contribution < 1.29 is 0 Å². The minimum absolute atomic E-state index is 0.301. The zero-order chi connectivity index (χ0) is 12.2. The minimum atomic E-state index is 0.301. The van der Waals surface area contributed by atoms with Crippen molar-refractivity contribution in [1.29, 1.82) is 0 Å². The standard InChI is InChI=1S/C14H17IN2/c1-9-7-11(15)13-12(8-9)17(10(2)16-13)14(3)5-4-6-14/h7-8H,4-6H2,1-3H3. The Balaban J connectivity index is 2.34. The fourth-order valence-electron chi connectivity index (χ4n) is 2.98. The highest BCUT2D eigenvalue weighted by Crippen LogP contribution is 2.42. The third-order valence-corrected chi connectivity index (χ3v) is 4.82. The summed E-state index contributed by atoms with van der Waals surface area (Å²) in [5.74, 6) is 1.16. The molecule has 1 fully saturated rings. The lowest BCUT2D eigenvalue weighted by Gasteiger charge is -2.41. The molecule has 2 aromatic rings. The van der Waals surface area contributed by atoms with Gasteiger partial charge in [0.2, 0.25) is 0 Å². The Morgan fingerprint density at radius 1 is 1.29 bits per heavy atom. The van der Waals surface area contributed by atoms with E-state index in [2.05, 4.69) is 60.1 Å². The summed E-state index contributed by atoms with van der Waals surface area (Å²) in [6, 6.07) is 4.49. The maximum absolute atomic E-state index is 4.76. The van der Waals surface area contributed by atoms with Crippen molar-refractivity contribution in [2.45, 2.75) is 45.6 Å². The zero-order valence-corrected chi connectivity index (χ0v) is 12.7. The first-order valence-corrected chi connectivity index (χ1v) is 7.25. The zero-order valence-electron chi connectivity index (χ0n) is 10.5. The third-order valence-electron chi connectivity index (χ3n) is 4.00. The summed E-state index contributed by atoms with van der Waals surface area (Å²) in [4.78, 5) is 4.76. The van der Waals surface area contributed by atoms with E-state index in [-0.39, 0.29) is 0 Å². The molecule has 0 atom stereocenters. The van der Waals surface area contributed by atoms with Gasteiger partial charge in [0.1, 0.15) is 11.3 Å². The lowest BCUT2D eigenvalue weighted by atomic mass is 9.78. The summed E-state index contributed by atoms with van der Waals surface area (Å²) < 4.78 is 3.73. The molecule has 0 saturated heterocycles. The molecule has 1 heterocycles. The lowest BCUT2D eigenvalue weighted by molar-refractivity contribution is 0.171. The van der Waals surface area contributed by atoms with E-state index < -0.39 is 0 Å². The molecule has 1 aliphatic rings. The highest BCUT2D eigenvalue weighted by molar-refractivity contribution is 14.1. The Kier molecular flexibility index (Phi) is 2.51. The van der Waals surface area contributed by atoms with E-state index in [4.69, 9.17) is 4.98 Å². The molecule has 1 aromatic carbocycles. The second kappa shape index (κ2) is 3.70. The number of fused-ring (bicyclic) bond motifs is 1. The van der Waals surface area contributed by atoms with Gasteiger partial charge < -0.3 is 4.57 Å². The monoisotopic (exact) mass is 340 g/mol. The van der Waals surface area contributed by atoms with Gasteiger partial charge in [0.05, 0.1) is 5.52 Å². The molecule has 1 saturated carbocycles. The normalized spacial score (nSPS) is 18.4. The van der Waals surface area contributed by atoms with Gasteiger partial charge in [-0.1, -0.05) is 0 Å². The first-order chi connectivity index (χ1) is 8.01. The third kappa shape index (κ3) is 1.62. The number of aryl methyl sites for hydroxylation is 2. The van der Waals surface area contributed by atoms with Crippen molar-refractivity contribution in [1.82, 2.24) is 9.55 Å². The quantitative estimate of drug-likeness (QED) is 0.713. The van der Waals surface area contributed by atoms with Crippen LogP contribution in [0.15, 0.2) is 12.1 Å². The largest absolute Gasteiger partial charge is 0.322 e. The van der Waals surface area contributed by atoms with E-state index in [0.29, 0.717) is 5.54 Å². The maximum Gasteiger partial charge on any atom is 0.107 e. The Morgan fingerprint density at radius 3 is 2.59 bits per heavy atom. The van der Waals surface area contributed by atoms with Gasteiger partial charge in [-0.3, -0.25) is 0 Å². The van der Waals surface area contributed by atoms with E-state index in [0.717, 1.165) is 5.82 Å². The first kappa shape index (κ1) is 11.5. The Morgan fingerprint density at radius 2 is 2.00 bits per heavy atom. The molecule has 0 spiro atoms. The molecule has 0 radical (unpaired) electrons. The molecular formula is C14H17IN2. The second-order valence-corrected chi connectivity index (χ2v) is 6.62. The van der Waals surface area contributed by atoms with Crippen molar-refractivity contribution in [2.24, 2.45) is 0 Å². The van der Waals surface area contributed by atoms with Crippen LogP contribution in [-0.4, -0.2) is 9.55 Å². The van der Waals surface area contributed by atoms with Crippen LogP contribution < -0.4 is 0 Å². The van der Waals surface area contributed by atoms with Gasteiger partial charge in [0.15, 0.2) is 0 Å². The number of hydrogen-bond acceptors (Lipinski definition) is 1. The predicted octanol–water partition coefficient (Wildman–Crippen LogP) is 4.16. The van der Waals surface area contributed by atoms with Gasteiger partial charge in [-0.2, -0.15) is 0 Å². The van der Waals surface area contributed by atoms with Crippen molar-refractivity contribution in [3.63, 3.8) is 0 Å². The SMILES string of the molecule is Cc1cc(I)c2nc(C)n(C3(C)CCC3)c2c1. The molecule has 0 bridgehead atoms. The van der Waals surface area contributed by atoms with E-state index in [1.165, 1.54) is 39.4 Å². The van der Waals surface area contributed by atoms with E-state index in [1.54, 1.807) is 0 Å². The van der Waals surface area contributed by atoms with Crippen LogP contribution in [0.25, 0.3) is 11.0 Å². The molecule has 0 aliphatic heterocycles. The summed E-state index contributed by atoms with van der Waals surface area (Å²) >= 11 is 2.40.